The van der Waals surface area contributed by atoms with E-state index in [1.54, 1.807) is 11.1 Å². The molecule has 0 spiro atoms. The van der Waals surface area contributed by atoms with Crippen LogP contribution >= 0.6 is 11.6 Å². The highest BCUT2D eigenvalue weighted by atomic mass is 35.5. The molecule has 0 fully saturated rings. The van der Waals surface area contributed by atoms with Gasteiger partial charge in [-0.1, -0.05) is 0 Å². The number of anilines is 1. The molecule has 86 valence electrons. The highest BCUT2D eigenvalue weighted by molar-refractivity contribution is 6.17. The first-order valence-electron chi connectivity index (χ1n) is 4.87. The van der Waals surface area contributed by atoms with Crippen LogP contribution in [0.25, 0.3) is 0 Å². The smallest absolute Gasteiger partial charge is 0.186 e. The molecule has 0 atom stereocenters. The predicted molar refractivity (Wildman–Crippen MR) is 58.8 cm³/mol. The number of alkyl halides is 1. The maximum atomic E-state index is 13.4. The van der Waals surface area contributed by atoms with E-state index in [1.807, 2.05) is 0 Å². The Balaban J connectivity index is 2.33. The van der Waals surface area contributed by atoms with Crippen molar-refractivity contribution < 1.29 is 13.5 Å². The monoisotopic (exact) mass is 245 g/mol. The van der Waals surface area contributed by atoms with Crippen molar-refractivity contribution >= 4 is 17.3 Å². The van der Waals surface area contributed by atoms with E-state index in [4.69, 9.17) is 16.3 Å². The maximum Gasteiger partial charge on any atom is 0.186 e. The second-order valence-corrected chi connectivity index (χ2v) is 3.75. The molecule has 1 aliphatic heterocycles. The van der Waals surface area contributed by atoms with Crippen LogP contribution < -0.4 is 9.64 Å². The summed E-state index contributed by atoms with van der Waals surface area (Å²) >= 11 is 5.58. The molecular formula is C11H10ClF2NO. The second kappa shape index (κ2) is 4.70. The standard InChI is InChI=1S/C11H10ClF2NO/c12-2-1-3-15-4-5-16-11-9(14)6-8(13)7-10(11)15/h4-7H,1-3H2. The minimum Gasteiger partial charge on any atom is -0.458 e. The topological polar surface area (TPSA) is 12.5 Å². The van der Waals surface area contributed by atoms with Crippen molar-refractivity contribution in [2.24, 2.45) is 0 Å². The largest absolute Gasteiger partial charge is 0.458 e. The zero-order valence-electron chi connectivity index (χ0n) is 8.42. The van der Waals surface area contributed by atoms with E-state index in [0.29, 0.717) is 18.1 Å². The van der Waals surface area contributed by atoms with Crippen LogP contribution in [0.4, 0.5) is 14.5 Å². The van der Waals surface area contributed by atoms with E-state index in [1.165, 1.54) is 12.3 Å². The number of nitrogens with zero attached hydrogens (tertiary/aromatic N) is 1. The van der Waals surface area contributed by atoms with Crippen molar-refractivity contribution in [2.45, 2.75) is 6.42 Å². The third kappa shape index (κ3) is 2.11. The first-order chi connectivity index (χ1) is 7.72. The molecule has 0 saturated heterocycles. The van der Waals surface area contributed by atoms with Gasteiger partial charge in [0.1, 0.15) is 12.1 Å². The lowest BCUT2D eigenvalue weighted by Crippen LogP contribution is -2.22. The molecule has 0 aliphatic carbocycles. The quantitative estimate of drug-likeness (QED) is 0.758. The van der Waals surface area contributed by atoms with E-state index < -0.39 is 11.6 Å². The molecule has 0 unspecified atom stereocenters. The first kappa shape index (κ1) is 11.2. The van der Waals surface area contributed by atoms with Crippen LogP contribution in [-0.4, -0.2) is 12.4 Å². The fraction of sp³-hybridized carbons (Fsp3) is 0.273. The highest BCUT2D eigenvalue weighted by Gasteiger charge is 2.19. The Morgan fingerprint density at radius 1 is 1.31 bits per heavy atom. The summed E-state index contributed by atoms with van der Waals surface area (Å²) in [5.41, 5.74) is 0.394. The molecular weight excluding hydrogens is 236 g/mol. The molecule has 1 aromatic carbocycles. The normalized spacial score (nSPS) is 13.6. The van der Waals surface area contributed by atoms with Gasteiger partial charge in [0.2, 0.25) is 0 Å². The van der Waals surface area contributed by atoms with Crippen LogP contribution in [0.5, 0.6) is 5.75 Å². The van der Waals surface area contributed by atoms with Gasteiger partial charge in [-0.2, -0.15) is 0 Å². The van der Waals surface area contributed by atoms with E-state index in [2.05, 4.69) is 0 Å². The Bertz CT molecular complexity index is 423. The SMILES string of the molecule is Fc1cc(F)c2c(c1)N(CCCCl)C=CO2. The Morgan fingerprint density at radius 3 is 2.88 bits per heavy atom. The van der Waals surface area contributed by atoms with Gasteiger partial charge in [0, 0.05) is 30.8 Å². The number of hydrogen-bond acceptors (Lipinski definition) is 2. The van der Waals surface area contributed by atoms with Gasteiger partial charge in [-0.3, -0.25) is 0 Å². The average molecular weight is 246 g/mol. The number of rotatable bonds is 3. The molecule has 2 nitrogen and oxygen atoms in total. The van der Waals surface area contributed by atoms with Gasteiger partial charge in [0.05, 0.1) is 5.69 Å². The third-order valence-electron chi connectivity index (χ3n) is 2.26. The fourth-order valence-electron chi connectivity index (χ4n) is 1.55. The Morgan fingerprint density at radius 2 is 2.12 bits per heavy atom. The number of hydrogen-bond donors (Lipinski definition) is 0. The van der Waals surface area contributed by atoms with Gasteiger partial charge in [-0.25, -0.2) is 8.78 Å². The van der Waals surface area contributed by atoms with Crippen molar-refractivity contribution in [3.63, 3.8) is 0 Å². The number of fused-ring (bicyclic) bond motifs is 1. The van der Waals surface area contributed by atoms with Gasteiger partial charge in [0.15, 0.2) is 11.6 Å². The summed E-state index contributed by atoms with van der Waals surface area (Å²) in [4.78, 5) is 1.72. The molecule has 0 aromatic heterocycles. The average Bonchev–Trinajstić information content (AvgIpc) is 2.26. The predicted octanol–water partition coefficient (Wildman–Crippen LogP) is 3.26. The van der Waals surface area contributed by atoms with E-state index in [0.717, 1.165) is 12.5 Å². The molecule has 1 aromatic rings. The summed E-state index contributed by atoms with van der Waals surface area (Å²) in [7, 11) is 0. The van der Waals surface area contributed by atoms with Crippen molar-refractivity contribution in [1.82, 2.24) is 0 Å². The van der Waals surface area contributed by atoms with Crippen LogP contribution in [0.1, 0.15) is 6.42 Å². The van der Waals surface area contributed by atoms with E-state index in [9.17, 15) is 8.78 Å². The summed E-state index contributed by atoms with van der Waals surface area (Å²) in [5, 5.41) is 0. The Labute approximate surface area is 97.1 Å². The van der Waals surface area contributed by atoms with Crippen LogP contribution in [0.15, 0.2) is 24.6 Å². The number of benzene rings is 1. The molecule has 0 saturated carbocycles. The molecule has 2 rings (SSSR count). The summed E-state index contributed by atoms with van der Waals surface area (Å²) in [5.74, 6) is -0.766. The Kier molecular flexibility index (Phi) is 3.29. The minimum absolute atomic E-state index is 0.0541. The van der Waals surface area contributed by atoms with Gasteiger partial charge in [-0.15, -0.1) is 11.6 Å². The van der Waals surface area contributed by atoms with Crippen molar-refractivity contribution in [3.05, 3.63) is 36.2 Å². The van der Waals surface area contributed by atoms with E-state index >= 15 is 0 Å². The maximum absolute atomic E-state index is 13.4. The molecule has 0 bridgehead atoms. The van der Waals surface area contributed by atoms with Crippen LogP contribution in [0.3, 0.4) is 0 Å². The summed E-state index contributed by atoms with van der Waals surface area (Å²) in [6.07, 6.45) is 3.73. The van der Waals surface area contributed by atoms with Gasteiger partial charge in [0.25, 0.3) is 0 Å². The molecule has 5 heteroatoms. The first-order valence-corrected chi connectivity index (χ1v) is 5.41. The van der Waals surface area contributed by atoms with Crippen molar-refractivity contribution in [3.8, 4) is 5.75 Å². The summed E-state index contributed by atoms with van der Waals surface area (Å²) < 4.78 is 31.5. The highest BCUT2D eigenvalue weighted by Crippen LogP contribution is 2.35. The van der Waals surface area contributed by atoms with Crippen LogP contribution in [0, 0.1) is 11.6 Å². The number of halogens is 3. The zero-order chi connectivity index (χ0) is 11.5. The molecule has 0 radical (unpaired) electrons. The lowest BCUT2D eigenvalue weighted by molar-refractivity contribution is 0.427. The van der Waals surface area contributed by atoms with Gasteiger partial charge < -0.3 is 9.64 Å². The molecule has 16 heavy (non-hydrogen) atoms. The lowest BCUT2D eigenvalue weighted by atomic mass is 10.2. The van der Waals surface area contributed by atoms with Gasteiger partial charge >= 0.3 is 0 Å². The minimum atomic E-state index is -0.699. The van der Waals surface area contributed by atoms with Crippen molar-refractivity contribution in [1.29, 1.82) is 0 Å². The molecule has 1 heterocycles. The third-order valence-corrected chi connectivity index (χ3v) is 2.52. The molecule has 0 amide bonds. The summed E-state index contributed by atoms with van der Waals surface area (Å²) in [6, 6.07) is 2.05. The number of ether oxygens (including phenoxy) is 1. The zero-order valence-corrected chi connectivity index (χ0v) is 9.18. The fourth-order valence-corrected chi connectivity index (χ4v) is 1.67. The van der Waals surface area contributed by atoms with Crippen molar-refractivity contribution in [2.75, 3.05) is 17.3 Å². The van der Waals surface area contributed by atoms with E-state index in [-0.39, 0.29) is 5.75 Å². The summed E-state index contributed by atoms with van der Waals surface area (Å²) in [6.45, 7) is 0.596. The van der Waals surface area contributed by atoms with Crippen LogP contribution in [0.2, 0.25) is 0 Å². The van der Waals surface area contributed by atoms with Crippen LogP contribution in [-0.2, 0) is 0 Å². The lowest BCUT2D eigenvalue weighted by Gasteiger charge is -2.25. The second-order valence-electron chi connectivity index (χ2n) is 3.37. The van der Waals surface area contributed by atoms with Gasteiger partial charge in [-0.05, 0) is 6.42 Å². The Hall–Kier alpha value is -1.29. The molecule has 1 aliphatic rings. The molecule has 0 N–H and O–H groups in total.